The van der Waals surface area contributed by atoms with Gasteiger partial charge in [-0.25, -0.2) is 4.98 Å². The van der Waals surface area contributed by atoms with Crippen LogP contribution in [0.25, 0.3) is 0 Å². The SMILES string of the molecule is CC(OCCC1CCCNC1)c1nccs1.Cl. The van der Waals surface area contributed by atoms with Crippen molar-refractivity contribution in [3.8, 4) is 0 Å². The number of hydrogen-bond acceptors (Lipinski definition) is 4. The van der Waals surface area contributed by atoms with E-state index in [9.17, 15) is 0 Å². The molecular weight excluding hydrogens is 256 g/mol. The van der Waals surface area contributed by atoms with E-state index in [4.69, 9.17) is 4.74 Å². The summed E-state index contributed by atoms with van der Waals surface area (Å²) < 4.78 is 5.81. The van der Waals surface area contributed by atoms with E-state index in [1.54, 1.807) is 11.3 Å². The van der Waals surface area contributed by atoms with Crippen molar-refractivity contribution in [2.75, 3.05) is 19.7 Å². The first-order valence-electron chi connectivity index (χ1n) is 6.08. The monoisotopic (exact) mass is 276 g/mol. The third kappa shape index (κ3) is 4.92. The lowest BCUT2D eigenvalue weighted by molar-refractivity contribution is 0.0537. The summed E-state index contributed by atoms with van der Waals surface area (Å²) >= 11 is 1.67. The minimum absolute atomic E-state index is 0. The van der Waals surface area contributed by atoms with Crippen LogP contribution in [0.5, 0.6) is 0 Å². The van der Waals surface area contributed by atoms with Crippen molar-refractivity contribution >= 4 is 23.7 Å². The molecule has 2 rings (SSSR count). The molecule has 1 saturated heterocycles. The summed E-state index contributed by atoms with van der Waals surface area (Å²) in [5.41, 5.74) is 0. The quantitative estimate of drug-likeness (QED) is 0.898. The van der Waals surface area contributed by atoms with Crippen LogP contribution in [0.15, 0.2) is 11.6 Å². The van der Waals surface area contributed by atoms with Crippen molar-refractivity contribution in [3.05, 3.63) is 16.6 Å². The molecule has 2 heterocycles. The maximum atomic E-state index is 5.81. The van der Waals surface area contributed by atoms with Crippen molar-refractivity contribution in [2.45, 2.75) is 32.3 Å². The Bertz CT molecular complexity index is 289. The fourth-order valence-electron chi connectivity index (χ4n) is 2.09. The summed E-state index contributed by atoms with van der Waals surface area (Å²) in [5, 5.41) is 6.52. The zero-order valence-corrected chi connectivity index (χ0v) is 11.9. The van der Waals surface area contributed by atoms with Crippen LogP contribution >= 0.6 is 23.7 Å². The molecule has 1 aliphatic heterocycles. The lowest BCUT2D eigenvalue weighted by atomic mass is 9.97. The van der Waals surface area contributed by atoms with Crippen molar-refractivity contribution in [3.63, 3.8) is 0 Å². The third-order valence-corrected chi connectivity index (χ3v) is 4.03. The Morgan fingerprint density at radius 1 is 1.65 bits per heavy atom. The molecule has 2 atom stereocenters. The predicted octanol–water partition coefficient (Wildman–Crippen LogP) is 3.03. The minimum Gasteiger partial charge on any atom is -0.371 e. The van der Waals surface area contributed by atoms with E-state index < -0.39 is 0 Å². The second kappa shape index (κ2) is 8.03. The van der Waals surface area contributed by atoms with E-state index in [2.05, 4.69) is 17.2 Å². The van der Waals surface area contributed by atoms with Gasteiger partial charge in [0.25, 0.3) is 0 Å². The summed E-state index contributed by atoms with van der Waals surface area (Å²) in [7, 11) is 0. The molecule has 1 fully saturated rings. The summed E-state index contributed by atoms with van der Waals surface area (Å²) in [6.45, 7) is 5.28. The normalized spacial score (nSPS) is 21.8. The first kappa shape index (κ1) is 14.9. The van der Waals surface area contributed by atoms with Gasteiger partial charge in [-0.15, -0.1) is 23.7 Å². The standard InChI is InChI=1S/C12H20N2OS.ClH/c1-10(12-14-6-8-16-12)15-7-4-11-3-2-5-13-9-11;/h6,8,10-11,13H,2-5,7,9H2,1H3;1H. The van der Waals surface area contributed by atoms with Crippen LogP contribution in [0.3, 0.4) is 0 Å². The fourth-order valence-corrected chi connectivity index (χ4v) is 2.73. The van der Waals surface area contributed by atoms with Crippen molar-refractivity contribution in [1.29, 1.82) is 0 Å². The lowest BCUT2D eigenvalue weighted by Gasteiger charge is -2.23. The summed E-state index contributed by atoms with van der Waals surface area (Å²) in [6.07, 6.45) is 5.82. The van der Waals surface area contributed by atoms with E-state index in [1.165, 1.54) is 25.8 Å². The van der Waals surface area contributed by atoms with Crippen LogP contribution in [0.1, 0.15) is 37.3 Å². The first-order valence-corrected chi connectivity index (χ1v) is 6.96. The van der Waals surface area contributed by atoms with E-state index in [0.29, 0.717) is 0 Å². The Labute approximate surface area is 113 Å². The predicted molar refractivity (Wildman–Crippen MR) is 73.9 cm³/mol. The molecule has 0 spiro atoms. The molecule has 0 radical (unpaired) electrons. The summed E-state index contributed by atoms with van der Waals surface area (Å²) in [4.78, 5) is 4.26. The molecule has 0 amide bonds. The Balaban J connectivity index is 0.00000144. The molecule has 1 aromatic rings. The fraction of sp³-hybridized carbons (Fsp3) is 0.750. The highest BCUT2D eigenvalue weighted by atomic mass is 35.5. The van der Waals surface area contributed by atoms with E-state index in [1.807, 2.05) is 11.6 Å². The molecule has 0 aromatic carbocycles. The van der Waals surface area contributed by atoms with E-state index in [0.717, 1.165) is 24.1 Å². The number of aromatic nitrogens is 1. The lowest BCUT2D eigenvalue weighted by Crippen LogP contribution is -2.30. The highest BCUT2D eigenvalue weighted by Crippen LogP contribution is 2.20. The molecule has 0 saturated carbocycles. The van der Waals surface area contributed by atoms with Crippen LogP contribution in [-0.4, -0.2) is 24.7 Å². The molecule has 1 N–H and O–H groups in total. The van der Waals surface area contributed by atoms with Crippen LogP contribution in [0.4, 0.5) is 0 Å². The van der Waals surface area contributed by atoms with Crippen LogP contribution in [0.2, 0.25) is 0 Å². The number of nitrogens with one attached hydrogen (secondary N) is 1. The molecule has 5 heteroatoms. The smallest absolute Gasteiger partial charge is 0.121 e. The number of nitrogens with zero attached hydrogens (tertiary/aromatic N) is 1. The Morgan fingerprint density at radius 2 is 2.53 bits per heavy atom. The summed E-state index contributed by atoms with van der Waals surface area (Å²) in [6, 6.07) is 0. The van der Waals surface area contributed by atoms with Gasteiger partial charge >= 0.3 is 0 Å². The van der Waals surface area contributed by atoms with Gasteiger partial charge in [-0.3, -0.25) is 0 Å². The van der Waals surface area contributed by atoms with Crippen molar-refractivity contribution in [1.82, 2.24) is 10.3 Å². The largest absolute Gasteiger partial charge is 0.371 e. The van der Waals surface area contributed by atoms with Crippen molar-refractivity contribution < 1.29 is 4.74 Å². The molecule has 98 valence electrons. The zero-order valence-electron chi connectivity index (χ0n) is 10.2. The molecule has 1 aromatic heterocycles. The topological polar surface area (TPSA) is 34.1 Å². The second-order valence-electron chi connectivity index (χ2n) is 4.38. The molecular formula is C12H21ClN2OS. The zero-order chi connectivity index (χ0) is 11.2. The average Bonchev–Trinajstić information content (AvgIpc) is 2.84. The van der Waals surface area contributed by atoms with E-state index in [-0.39, 0.29) is 18.5 Å². The van der Waals surface area contributed by atoms with Gasteiger partial charge in [-0.2, -0.15) is 0 Å². The van der Waals surface area contributed by atoms with Gasteiger partial charge in [0.15, 0.2) is 0 Å². The Hall–Kier alpha value is -0.160. The highest BCUT2D eigenvalue weighted by molar-refractivity contribution is 7.09. The van der Waals surface area contributed by atoms with Crippen molar-refractivity contribution in [2.24, 2.45) is 5.92 Å². The molecule has 0 bridgehead atoms. The average molecular weight is 277 g/mol. The molecule has 1 aliphatic rings. The van der Waals surface area contributed by atoms with Gasteiger partial charge in [0, 0.05) is 18.2 Å². The Kier molecular flexibility index (Phi) is 7.04. The molecule has 2 unspecified atom stereocenters. The van der Waals surface area contributed by atoms with Gasteiger partial charge in [0.1, 0.15) is 11.1 Å². The highest BCUT2D eigenvalue weighted by Gasteiger charge is 2.14. The van der Waals surface area contributed by atoms with Gasteiger partial charge in [-0.05, 0) is 45.2 Å². The molecule has 3 nitrogen and oxygen atoms in total. The van der Waals surface area contributed by atoms with Gasteiger partial charge < -0.3 is 10.1 Å². The number of piperidine rings is 1. The maximum Gasteiger partial charge on any atom is 0.121 e. The molecule has 17 heavy (non-hydrogen) atoms. The van der Waals surface area contributed by atoms with Crippen LogP contribution < -0.4 is 5.32 Å². The minimum atomic E-state index is 0. The number of hydrogen-bond donors (Lipinski definition) is 1. The van der Waals surface area contributed by atoms with Crippen LogP contribution in [-0.2, 0) is 4.74 Å². The number of thiazole rings is 1. The molecule has 0 aliphatic carbocycles. The maximum absolute atomic E-state index is 5.81. The Morgan fingerprint density at radius 3 is 3.18 bits per heavy atom. The second-order valence-corrected chi connectivity index (χ2v) is 5.31. The number of halogens is 1. The first-order chi connectivity index (χ1) is 7.86. The number of rotatable bonds is 5. The van der Waals surface area contributed by atoms with Gasteiger partial charge in [0.2, 0.25) is 0 Å². The van der Waals surface area contributed by atoms with E-state index >= 15 is 0 Å². The summed E-state index contributed by atoms with van der Waals surface area (Å²) in [5.74, 6) is 0.803. The van der Waals surface area contributed by atoms with Crippen LogP contribution in [0, 0.1) is 5.92 Å². The number of ether oxygens (including phenoxy) is 1. The third-order valence-electron chi connectivity index (χ3n) is 3.09. The van der Waals surface area contributed by atoms with Gasteiger partial charge in [-0.1, -0.05) is 0 Å². The van der Waals surface area contributed by atoms with Gasteiger partial charge in [0.05, 0.1) is 0 Å².